The molecule has 0 radical (unpaired) electrons. The molecule has 3 saturated carbocycles. The summed E-state index contributed by atoms with van der Waals surface area (Å²) in [7, 11) is 0. The van der Waals surface area contributed by atoms with Crippen LogP contribution in [0.15, 0.2) is 18.2 Å². The van der Waals surface area contributed by atoms with E-state index in [0.29, 0.717) is 11.8 Å². The minimum atomic E-state index is -0.515. The van der Waals surface area contributed by atoms with Crippen LogP contribution in [0.5, 0.6) is 0 Å². The second-order valence-electron chi connectivity index (χ2n) is 6.41. The SMILES string of the molecule is O=C(NC1C2C3CCC(C3)C12)c1cc([N+](=O)[O-])ccc1Cl. The lowest BCUT2D eigenvalue weighted by Gasteiger charge is -2.11. The largest absolute Gasteiger partial charge is 0.349 e. The number of nitro groups is 1. The molecule has 6 heteroatoms. The molecular weight excluding hydrogens is 292 g/mol. The number of nitrogens with one attached hydrogen (secondary N) is 1. The summed E-state index contributed by atoms with van der Waals surface area (Å²) in [6.45, 7) is 0. The number of hydrogen-bond acceptors (Lipinski definition) is 3. The lowest BCUT2D eigenvalue weighted by Crippen LogP contribution is -2.30. The molecule has 0 heterocycles. The zero-order valence-corrected chi connectivity index (χ0v) is 12.0. The number of nitro benzene ring substituents is 1. The molecule has 110 valence electrons. The lowest BCUT2D eigenvalue weighted by molar-refractivity contribution is -0.384. The number of carbonyl (C=O) groups is 1. The number of carbonyl (C=O) groups excluding carboxylic acids is 1. The van der Waals surface area contributed by atoms with Gasteiger partial charge in [0, 0.05) is 18.2 Å². The van der Waals surface area contributed by atoms with Gasteiger partial charge in [0.25, 0.3) is 11.6 Å². The fourth-order valence-electron chi connectivity index (χ4n) is 4.55. The van der Waals surface area contributed by atoms with E-state index in [0.717, 1.165) is 11.8 Å². The van der Waals surface area contributed by atoms with E-state index in [1.54, 1.807) is 0 Å². The Morgan fingerprint density at radius 2 is 1.95 bits per heavy atom. The summed E-state index contributed by atoms with van der Waals surface area (Å²) in [5.41, 5.74) is 0.0868. The molecule has 2 bridgehead atoms. The van der Waals surface area contributed by atoms with Crippen molar-refractivity contribution in [1.82, 2.24) is 5.32 Å². The van der Waals surface area contributed by atoms with Gasteiger partial charge in [0.2, 0.25) is 0 Å². The van der Waals surface area contributed by atoms with Gasteiger partial charge in [-0.25, -0.2) is 0 Å². The lowest BCUT2D eigenvalue weighted by atomic mass is 10.0. The van der Waals surface area contributed by atoms with Crippen molar-refractivity contribution < 1.29 is 9.72 Å². The second kappa shape index (κ2) is 4.44. The Labute approximate surface area is 126 Å². The van der Waals surface area contributed by atoms with Crippen LogP contribution in [0, 0.1) is 33.8 Å². The van der Waals surface area contributed by atoms with E-state index in [4.69, 9.17) is 11.6 Å². The van der Waals surface area contributed by atoms with Gasteiger partial charge in [-0.15, -0.1) is 0 Å². The third kappa shape index (κ3) is 1.94. The number of non-ortho nitro benzene ring substituents is 1. The Morgan fingerprint density at radius 1 is 1.29 bits per heavy atom. The molecule has 0 spiro atoms. The van der Waals surface area contributed by atoms with Crippen molar-refractivity contribution in [3.8, 4) is 0 Å². The quantitative estimate of drug-likeness (QED) is 0.689. The molecule has 1 aromatic carbocycles. The predicted octanol–water partition coefficient (Wildman–Crippen LogP) is 3.02. The molecule has 4 atom stereocenters. The third-order valence-electron chi connectivity index (χ3n) is 5.44. The van der Waals surface area contributed by atoms with Crippen LogP contribution in [0.25, 0.3) is 0 Å². The van der Waals surface area contributed by atoms with Gasteiger partial charge in [-0.1, -0.05) is 11.6 Å². The summed E-state index contributed by atoms with van der Waals surface area (Å²) in [5.74, 6) is 2.51. The number of fused-ring (bicyclic) bond motifs is 5. The topological polar surface area (TPSA) is 72.2 Å². The Morgan fingerprint density at radius 3 is 2.57 bits per heavy atom. The van der Waals surface area contributed by atoms with E-state index in [2.05, 4.69) is 5.32 Å². The van der Waals surface area contributed by atoms with Gasteiger partial charge < -0.3 is 5.32 Å². The Kier molecular flexibility index (Phi) is 2.76. The highest BCUT2D eigenvalue weighted by Crippen LogP contribution is 2.65. The highest BCUT2D eigenvalue weighted by molar-refractivity contribution is 6.34. The number of nitrogens with zero attached hydrogens (tertiary/aromatic N) is 1. The van der Waals surface area contributed by atoms with E-state index in [1.165, 1.54) is 37.5 Å². The van der Waals surface area contributed by atoms with Gasteiger partial charge in [-0.3, -0.25) is 14.9 Å². The average Bonchev–Trinajstić information content (AvgIpc) is 2.83. The van der Waals surface area contributed by atoms with Crippen LogP contribution in [0.1, 0.15) is 29.6 Å². The van der Waals surface area contributed by atoms with Gasteiger partial charge in [-0.05, 0) is 49.0 Å². The van der Waals surface area contributed by atoms with Crippen molar-refractivity contribution in [2.75, 3.05) is 0 Å². The van der Waals surface area contributed by atoms with Crippen molar-refractivity contribution >= 4 is 23.2 Å². The van der Waals surface area contributed by atoms with E-state index in [9.17, 15) is 14.9 Å². The molecular formula is C15H15ClN2O3. The Bertz CT molecular complexity index is 632. The van der Waals surface area contributed by atoms with E-state index in [1.807, 2.05) is 0 Å². The first-order valence-corrected chi connectivity index (χ1v) is 7.69. The normalized spacial score (nSPS) is 35.4. The average molecular weight is 307 g/mol. The van der Waals surface area contributed by atoms with Gasteiger partial charge in [-0.2, -0.15) is 0 Å². The maximum absolute atomic E-state index is 12.3. The number of rotatable bonds is 3. The van der Waals surface area contributed by atoms with Crippen molar-refractivity contribution in [2.45, 2.75) is 25.3 Å². The fourth-order valence-corrected chi connectivity index (χ4v) is 4.75. The second-order valence-corrected chi connectivity index (χ2v) is 6.82. The Hall–Kier alpha value is -1.62. The maximum Gasteiger partial charge on any atom is 0.270 e. The number of benzene rings is 1. The van der Waals surface area contributed by atoms with Crippen LogP contribution < -0.4 is 5.32 Å². The highest BCUT2D eigenvalue weighted by atomic mass is 35.5. The van der Waals surface area contributed by atoms with Gasteiger partial charge >= 0.3 is 0 Å². The smallest absolute Gasteiger partial charge is 0.270 e. The highest BCUT2D eigenvalue weighted by Gasteiger charge is 2.65. The van der Waals surface area contributed by atoms with Crippen LogP contribution in [-0.2, 0) is 0 Å². The summed E-state index contributed by atoms with van der Waals surface area (Å²) >= 11 is 6.01. The molecule has 3 aliphatic rings. The molecule has 0 aliphatic heterocycles. The molecule has 5 nitrogen and oxygen atoms in total. The monoisotopic (exact) mass is 306 g/mol. The maximum atomic E-state index is 12.3. The molecule has 21 heavy (non-hydrogen) atoms. The number of hydrogen-bond donors (Lipinski definition) is 1. The molecule has 3 fully saturated rings. The van der Waals surface area contributed by atoms with Crippen molar-refractivity contribution in [2.24, 2.45) is 23.7 Å². The van der Waals surface area contributed by atoms with Crippen molar-refractivity contribution in [3.63, 3.8) is 0 Å². The molecule has 1 amide bonds. The summed E-state index contributed by atoms with van der Waals surface area (Å²) in [4.78, 5) is 22.6. The molecule has 0 aromatic heterocycles. The van der Waals surface area contributed by atoms with E-state index < -0.39 is 4.92 Å². The van der Waals surface area contributed by atoms with Crippen LogP contribution in [0.4, 0.5) is 5.69 Å². The summed E-state index contributed by atoms with van der Waals surface area (Å²) in [6.07, 6.45) is 3.89. The minimum Gasteiger partial charge on any atom is -0.349 e. The van der Waals surface area contributed by atoms with Crippen LogP contribution >= 0.6 is 11.6 Å². The van der Waals surface area contributed by atoms with Crippen LogP contribution in [0.2, 0.25) is 5.02 Å². The Balaban J connectivity index is 1.51. The molecule has 3 aliphatic carbocycles. The van der Waals surface area contributed by atoms with Gasteiger partial charge in [0.05, 0.1) is 15.5 Å². The summed E-state index contributed by atoms with van der Waals surface area (Å²) < 4.78 is 0. The minimum absolute atomic E-state index is 0.111. The molecule has 4 unspecified atom stereocenters. The van der Waals surface area contributed by atoms with E-state index in [-0.39, 0.29) is 28.2 Å². The van der Waals surface area contributed by atoms with Crippen molar-refractivity contribution in [1.29, 1.82) is 0 Å². The molecule has 1 aromatic rings. The summed E-state index contributed by atoms with van der Waals surface area (Å²) in [6, 6.07) is 4.22. The third-order valence-corrected chi connectivity index (χ3v) is 5.77. The van der Waals surface area contributed by atoms with Gasteiger partial charge in [0.15, 0.2) is 0 Å². The van der Waals surface area contributed by atoms with E-state index >= 15 is 0 Å². The van der Waals surface area contributed by atoms with Crippen LogP contribution in [-0.4, -0.2) is 16.9 Å². The molecule has 1 N–H and O–H groups in total. The standard InChI is InChI=1S/C15H15ClN2O3/c16-11-4-3-9(18(20)21)6-10(11)15(19)17-14-12-7-1-2-8(5-7)13(12)14/h3-4,6-8,12-14H,1-2,5H2,(H,17,19). The van der Waals surface area contributed by atoms with Crippen LogP contribution in [0.3, 0.4) is 0 Å². The van der Waals surface area contributed by atoms with Crippen molar-refractivity contribution in [3.05, 3.63) is 38.9 Å². The fraction of sp³-hybridized carbons (Fsp3) is 0.533. The first kappa shape index (κ1) is 13.1. The predicted molar refractivity (Wildman–Crippen MR) is 77.2 cm³/mol. The zero-order chi connectivity index (χ0) is 14.7. The summed E-state index contributed by atoms with van der Waals surface area (Å²) in [5, 5.41) is 14.1. The first-order valence-electron chi connectivity index (χ1n) is 7.31. The number of halogens is 1. The first-order chi connectivity index (χ1) is 10.1. The van der Waals surface area contributed by atoms with Gasteiger partial charge in [0.1, 0.15) is 0 Å². The zero-order valence-electron chi connectivity index (χ0n) is 11.3. The number of amides is 1. The molecule has 4 rings (SSSR count). The molecule has 0 saturated heterocycles.